The first-order valence-electron chi connectivity index (χ1n) is 14.5. The van der Waals surface area contributed by atoms with Crippen LogP contribution in [-0.2, 0) is 17.6 Å². The van der Waals surface area contributed by atoms with Crippen molar-refractivity contribution in [3.63, 3.8) is 0 Å². The van der Waals surface area contributed by atoms with Gasteiger partial charge in [0.25, 0.3) is 0 Å². The highest BCUT2D eigenvalue weighted by Crippen LogP contribution is 2.20. The number of para-hydroxylation sites is 1. The molecule has 0 amide bonds. The van der Waals surface area contributed by atoms with E-state index in [0.29, 0.717) is 37.8 Å². The average Bonchev–Trinajstić information content (AvgIpc) is 3.01. The summed E-state index contributed by atoms with van der Waals surface area (Å²) in [6, 6.07) is 14.8. The van der Waals surface area contributed by atoms with Gasteiger partial charge in [0.15, 0.2) is 0 Å². The summed E-state index contributed by atoms with van der Waals surface area (Å²) in [5.74, 6) is 1.81. The summed E-state index contributed by atoms with van der Waals surface area (Å²) in [5.41, 5.74) is 2.40. The molecule has 1 unspecified atom stereocenters. The number of nitrogens with one attached hydrogen (secondary N) is 4. The Morgan fingerprint density at radius 2 is 1.98 bits per heavy atom. The number of nitrogens with zero attached hydrogens (tertiary/aromatic N) is 4. The molecule has 0 saturated heterocycles. The zero-order valence-corrected chi connectivity index (χ0v) is 23.8. The predicted octanol–water partition coefficient (Wildman–Crippen LogP) is 4.46. The van der Waals surface area contributed by atoms with Gasteiger partial charge in [-0.3, -0.25) is 4.90 Å². The molecular formula is C31H40N8O3. The maximum atomic E-state index is 12.1. The molecule has 11 nitrogen and oxygen atoms in total. The number of hydrogen-bond donors (Lipinski definition) is 5. The van der Waals surface area contributed by atoms with Gasteiger partial charge in [0, 0.05) is 43.8 Å². The summed E-state index contributed by atoms with van der Waals surface area (Å²) in [7, 11) is 0. The van der Waals surface area contributed by atoms with Crippen LogP contribution in [0.1, 0.15) is 36.9 Å². The lowest BCUT2D eigenvalue weighted by Crippen LogP contribution is -2.37. The molecule has 11 heteroatoms. The number of carbonyl (C=O) groups is 1. The van der Waals surface area contributed by atoms with Gasteiger partial charge in [0.05, 0.1) is 0 Å². The normalized spacial score (nSPS) is 13.3. The van der Waals surface area contributed by atoms with Crippen molar-refractivity contribution < 1.29 is 14.6 Å². The van der Waals surface area contributed by atoms with Crippen molar-refractivity contribution in [2.24, 2.45) is 0 Å². The number of aliphatic carboxylic acids is 1. The molecule has 2 aromatic heterocycles. The zero-order chi connectivity index (χ0) is 29.4. The van der Waals surface area contributed by atoms with Gasteiger partial charge in [-0.2, -0.15) is 0 Å². The third-order valence-electron chi connectivity index (χ3n) is 6.97. The molecule has 1 aromatic carbocycles. The van der Waals surface area contributed by atoms with Crippen LogP contribution in [-0.4, -0.2) is 76.0 Å². The molecule has 0 bridgehead atoms. The first-order chi connectivity index (χ1) is 20.6. The van der Waals surface area contributed by atoms with E-state index in [0.717, 1.165) is 68.7 Å². The molecule has 0 spiro atoms. The molecule has 4 rings (SSSR count). The highest BCUT2D eigenvalue weighted by atomic mass is 16.5. The van der Waals surface area contributed by atoms with Crippen molar-refractivity contribution >= 4 is 29.6 Å². The summed E-state index contributed by atoms with van der Waals surface area (Å²) in [4.78, 5) is 27.5. The molecule has 3 heterocycles. The average molecular weight is 573 g/mol. The first-order valence-corrected chi connectivity index (χ1v) is 14.5. The minimum absolute atomic E-state index is 0.388. The molecule has 0 fully saturated rings. The standard InChI is InChI=1S/C31H40N8O3/c32-15-7-17-33-28-22-29(36-23-35-28)38-27(31(40)41)14-19-39(20-21-42-26-10-2-1-3-11-26)18-5-4-9-25-13-12-24-8-6-16-34-30(24)37-25/h1-3,7,10-13,15,17,22-23,27,32H,4-6,8-9,14,16,18-21H2,(H,34,37)(H,40,41)(H2,33,35,36,38)/b17-7-,32-15?. The number of anilines is 3. The van der Waals surface area contributed by atoms with Crippen LogP contribution < -0.4 is 20.7 Å². The minimum Gasteiger partial charge on any atom is -0.492 e. The Hall–Kier alpha value is -4.51. The Bertz CT molecular complexity index is 1300. The Balaban J connectivity index is 1.31. The van der Waals surface area contributed by atoms with Crippen molar-refractivity contribution in [3.8, 4) is 5.75 Å². The van der Waals surface area contributed by atoms with Crippen LogP contribution in [0.3, 0.4) is 0 Å². The van der Waals surface area contributed by atoms with Gasteiger partial charge in [-0.15, -0.1) is 0 Å². The Morgan fingerprint density at radius 3 is 2.81 bits per heavy atom. The molecule has 42 heavy (non-hydrogen) atoms. The number of aryl methyl sites for hydroxylation is 2. The summed E-state index contributed by atoms with van der Waals surface area (Å²) < 4.78 is 5.93. The quantitative estimate of drug-likeness (QED) is 0.109. The van der Waals surface area contributed by atoms with E-state index in [4.69, 9.17) is 15.1 Å². The van der Waals surface area contributed by atoms with Gasteiger partial charge in [-0.25, -0.2) is 19.7 Å². The summed E-state index contributed by atoms with van der Waals surface area (Å²) >= 11 is 0. The lowest BCUT2D eigenvalue weighted by atomic mass is 10.1. The van der Waals surface area contributed by atoms with Crippen LogP contribution in [0.2, 0.25) is 0 Å². The number of aromatic nitrogens is 3. The summed E-state index contributed by atoms with van der Waals surface area (Å²) in [6.45, 7) is 3.59. The number of fused-ring (bicyclic) bond motifs is 1. The monoisotopic (exact) mass is 572 g/mol. The molecule has 1 atom stereocenters. The smallest absolute Gasteiger partial charge is 0.326 e. The number of carboxylic acid groups (broad SMARTS) is 1. The van der Waals surface area contributed by atoms with Crippen LogP contribution in [0.4, 0.5) is 17.5 Å². The van der Waals surface area contributed by atoms with E-state index in [1.807, 2.05) is 30.3 Å². The lowest BCUT2D eigenvalue weighted by Gasteiger charge is -2.24. The van der Waals surface area contributed by atoms with E-state index in [1.165, 1.54) is 18.0 Å². The van der Waals surface area contributed by atoms with Crippen molar-refractivity contribution in [2.75, 3.05) is 48.7 Å². The Labute approximate surface area is 247 Å². The number of hydrogen-bond acceptors (Lipinski definition) is 10. The van der Waals surface area contributed by atoms with Crippen molar-refractivity contribution in [2.45, 2.75) is 44.6 Å². The molecule has 0 aliphatic carbocycles. The molecule has 1 aliphatic rings. The summed E-state index contributed by atoms with van der Waals surface area (Å²) in [6.07, 6.45) is 11.1. The van der Waals surface area contributed by atoms with Crippen molar-refractivity contribution in [1.29, 1.82) is 5.41 Å². The predicted molar refractivity (Wildman–Crippen MR) is 166 cm³/mol. The van der Waals surface area contributed by atoms with Gasteiger partial charge in [0.1, 0.15) is 42.2 Å². The van der Waals surface area contributed by atoms with E-state index in [1.54, 1.807) is 12.3 Å². The fraction of sp³-hybridized carbons (Fsp3) is 0.387. The van der Waals surface area contributed by atoms with Gasteiger partial charge in [0.2, 0.25) is 0 Å². The maximum Gasteiger partial charge on any atom is 0.326 e. The molecule has 0 radical (unpaired) electrons. The van der Waals surface area contributed by atoms with Gasteiger partial charge in [-0.05, 0) is 74.9 Å². The number of benzene rings is 1. The van der Waals surface area contributed by atoms with Crippen LogP contribution >= 0.6 is 0 Å². The molecule has 5 N–H and O–H groups in total. The van der Waals surface area contributed by atoms with E-state index in [9.17, 15) is 9.90 Å². The highest BCUT2D eigenvalue weighted by molar-refractivity contribution is 5.77. The second kappa shape index (κ2) is 16.7. The minimum atomic E-state index is -0.945. The zero-order valence-electron chi connectivity index (χ0n) is 23.8. The number of carboxylic acids is 1. The fourth-order valence-electron chi connectivity index (χ4n) is 4.74. The van der Waals surface area contributed by atoms with Crippen molar-refractivity contribution in [1.82, 2.24) is 19.9 Å². The third kappa shape index (κ3) is 10.2. The number of rotatable bonds is 18. The number of unbranched alkanes of at least 4 members (excludes halogenated alkanes) is 1. The largest absolute Gasteiger partial charge is 0.492 e. The Kier molecular flexibility index (Phi) is 12.1. The van der Waals surface area contributed by atoms with E-state index < -0.39 is 12.0 Å². The molecule has 0 saturated carbocycles. The Morgan fingerprint density at radius 1 is 1.12 bits per heavy atom. The van der Waals surface area contributed by atoms with Gasteiger partial charge >= 0.3 is 5.97 Å². The van der Waals surface area contributed by atoms with E-state index >= 15 is 0 Å². The van der Waals surface area contributed by atoms with Gasteiger partial charge in [-0.1, -0.05) is 24.3 Å². The number of ether oxygens (including phenoxy) is 1. The summed E-state index contributed by atoms with van der Waals surface area (Å²) in [5, 5.41) is 26.4. The first kappa shape index (κ1) is 30.4. The SMILES string of the molecule is N=C/C=C\Nc1cc(NC(CCN(CCCCc2ccc3c(n2)NCCC3)CCOc2ccccc2)C(=O)O)ncn1. The number of pyridine rings is 1. The molecular weight excluding hydrogens is 532 g/mol. The maximum absolute atomic E-state index is 12.1. The van der Waals surface area contributed by atoms with Crippen LogP contribution in [0.5, 0.6) is 5.75 Å². The van der Waals surface area contributed by atoms with Crippen molar-refractivity contribution in [3.05, 3.63) is 78.4 Å². The van der Waals surface area contributed by atoms with Crippen LogP contribution in [0.15, 0.2) is 67.1 Å². The molecule has 1 aliphatic heterocycles. The topological polar surface area (TPSA) is 148 Å². The molecule has 222 valence electrons. The lowest BCUT2D eigenvalue weighted by molar-refractivity contribution is -0.138. The second-order valence-corrected chi connectivity index (χ2v) is 10.1. The highest BCUT2D eigenvalue weighted by Gasteiger charge is 2.20. The van der Waals surface area contributed by atoms with Crippen LogP contribution in [0, 0.1) is 5.41 Å². The molecule has 3 aromatic rings. The second-order valence-electron chi connectivity index (χ2n) is 10.1. The van der Waals surface area contributed by atoms with Gasteiger partial charge < -0.3 is 31.2 Å². The number of allylic oxidation sites excluding steroid dienone is 1. The van der Waals surface area contributed by atoms with E-state index in [2.05, 4.69) is 43.0 Å². The van der Waals surface area contributed by atoms with Crippen LogP contribution in [0.25, 0.3) is 0 Å². The van der Waals surface area contributed by atoms with E-state index in [-0.39, 0.29) is 0 Å². The fourth-order valence-corrected chi connectivity index (χ4v) is 4.74. The third-order valence-corrected chi connectivity index (χ3v) is 6.97.